The van der Waals surface area contributed by atoms with Gasteiger partial charge in [-0.25, -0.2) is 0 Å². The van der Waals surface area contributed by atoms with Crippen molar-refractivity contribution >= 4 is 23.2 Å². The van der Waals surface area contributed by atoms with Crippen LogP contribution in [0.25, 0.3) is 0 Å². The average molecular weight is 202 g/mol. The number of nitrogens with zero attached hydrogens (tertiary/aromatic N) is 1. The van der Waals surface area contributed by atoms with Gasteiger partial charge in [-0.15, -0.1) is 0 Å². The quantitative estimate of drug-likeness (QED) is 0.689. The van der Waals surface area contributed by atoms with E-state index in [1.807, 2.05) is 27.7 Å². The first-order valence-electron chi connectivity index (χ1n) is 4.46. The number of rotatable bonds is 2. The minimum atomic E-state index is -0.0202. The summed E-state index contributed by atoms with van der Waals surface area (Å²) in [6.45, 7) is 9.38. The summed E-state index contributed by atoms with van der Waals surface area (Å²) in [5.74, 6) is -0.0202. The molecule has 4 heteroatoms. The second-order valence-corrected chi connectivity index (χ2v) is 3.97. The van der Waals surface area contributed by atoms with E-state index in [1.54, 1.807) is 4.90 Å². The van der Waals surface area contributed by atoms with Crippen LogP contribution in [0, 0.1) is 0 Å². The Kier molecular flexibility index (Phi) is 4.91. The Morgan fingerprint density at radius 1 is 1.31 bits per heavy atom. The minimum absolute atomic E-state index is 0.0202. The number of hydrogen-bond donors (Lipinski definition) is 1. The van der Waals surface area contributed by atoms with Crippen LogP contribution in [0.4, 0.5) is 0 Å². The topological polar surface area (TPSA) is 32.3 Å². The van der Waals surface area contributed by atoms with E-state index in [0.29, 0.717) is 5.11 Å². The zero-order valence-electron chi connectivity index (χ0n) is 8.92. The molecule has 0 bridgehead atoms. The number of hydrogen-bond acceptors (Lipinski definition) is 2. The highest BCUT2D eigenvalue weighted by atomic mass is 32.1. The van der Waals surface area contributed by atoms with Crippen LogP contribution in [0.3, 0.4) is 0 Å². The van der Waals surface area contributed by atoms with E-state index in [1.165, 1.54) is 6.92 Å². The van der Waals surface area contributed by atoms with Gasteiger partial charge in [0.15, 0.2) is 5.11 Å². The molecule has 1 N–H and O–H groups in total. The predicted molar refractivity (Wildman–Crippen MR) is 58.5 cm³/mol. The van der Waals surface area contributed by atoms with Crippen LogP contribution < -0.4 is 5.32 Å². The van der Waals surface area contributed by atoms with Crippen molar-refractivity contribution in [1.29, 1.82) is 0 Å². The number of nitrogens with one attached hydrogen (secondary N) is 1. The number of amides is 1. The summed E-state index contributed by atoms with van der Waals surface area (Å²) >= 11 is 5.10. The third-order valence-electron chi connectivity index (χ3n) is 1.49. The van der Waals surface area contributed by atoms with Crippen LogP contribution in [0.15, 0.2) is 0 Å². The van der Waals surface area contributed by atoms with Gasteiger partial charge < -0.3 is 5.32 Å². The van der Waals surface area contributed by atoms with Gasteiger partial charge in [-0.05, 0) is 39.9 Å². The van der Waals surface area contributed by atoms with Gasteiger partial charge in [0.25, 0.3) is 0 Å². The van der Waals surface area contributed by atoms with Crippen LogP contribution in [0.5, 0.6) is 0 Å². The molecular formula is C9H18N2OS. The lowest BCUT2D eigenvalue weighted by molar-refractivity contribution is -0.126. The molecule has 0 aromatic carbocycles. The molecule has 0 aliphatic rings. The first-order chi connectivity index (χ1) is 5.86. The highest BCUT2D eigenvalue weighted by Gasteiger charge is 2.17. The standard InChI is InChI=1S/C9H18N2OS/c1-6(2)10-9(13)11(7(3)4)8(5)12/h6-7H,1-5H3,(H,10,13). The number of carbonyl (C=O) groups is 1. The second kappa shape index (κ2) is 5.17. The molecule has 0 aliphatic heterocycles. The molecule has 0 saturated heterocycles. The molecule has 13 heavy (non-hydrogen) atoms. The van der Waals surface area contributed by atoms with Crippen LogP contribution in [-0.2, 0) is 4.79 Å². The Morgan fingerprint density at radius 3 is 2.00 bits per heavy atom. The maximum atomic E-state index is 11.2. The molecule has 0 unspecified atom stereocenters. The molecule has 0 aromatic rings. The Labute approximate surface area is 85.5 Å². The fourth-order valence-corrected chi connectivity index (χ4v) is 1.63. The second-order valence-electron chi connectivity index (χ2n) is 3.59. The first-order valence-corrected chi connectivity index (χ1v) is 4.87. The molecule has 0 rings (SSSR count). The van der Waals surface area contributed by atoms with E-state index >= 15 is 0 Å². The predicted octanol–water partition coefficient (Wildman–Crippen LogP) is 1.53. The summed E-state index contributed by atoms with van der Waals surface area (Å²) in [5.41, 5.74) is 0. The Hall–Kier alpha value is -0.640. The van der Waals surface area contributed by atoms with Gasteiger partial charge in [0.1, 0.15) is 0 Å². The molecule has 0 aromatic heterocycles. The molecule has 0 atom stereocenters. The van der Waals surface area contributed by atoms with Gasteiger partial charge in [0.2, 0.25) is 5.91 Å². The van der Waals surface area contributed by atoms with Gasteiger partial charge in [-0.3, -0.25) is 9.69 Å². The molecule has 3 nitrogen and oxygen atoms in total. The zero-order valence-corrected chi connectivity index (χ0v) is 9.73. The van der Waals surface area contributed by atoms with Crippen molar-refractivity contribution in [2.24, 2.45) is 0 Å². The van der Waals surface area contributed by atoms with E-state index < -0.39 is 0 Å². The fraction of sp³-hybridized carbons (Fsp3) is 0.778. The fourth-order valence-electron chi connectivity index (χ4n) is 1.06. The van der Waals surface area contributed by atoms with Crippen molar-refractivity contribution in [3.63, 3.8) is 0 Å². The molecule has 1 amide bonds. The van der Waals surface area contributed by atoms with E-state index in [-0.39, 0.29) is 18.0 Å². The van der Waals surface area contributed by atoms with Crippen LogP contribution in [0.2, 0.25) is 0 Å². The Bertz CT molecular complexity index is 202. The Balaban J connectivity index is 4.38. The van der Waals surface area contributed by atoms with Gasteiger partial charge >= 0.3 is 0 Å². The monoisotopic (exact) mass is 202 g/mol. The molecule has 76 valence electrons. The molecule has 0 heterocycles. The van der Waals surface area contributed by atoms with E-state index in [2.05, 4.69) is 5.32 Å². The summed E-state index contributed by atoms with van der Waals surface area (Å²) in [4.78, 5) is 12.8. The van der Waals surface area contributed by atoms with Gasteiger partial charge in [-0.2, -0.15) is 0 Å². The van der Waals surface area contributed by atoms with Crippen molar-refractivity contribution in [2.75, 3.05) is 0 Å². The lowest BCUT2D eigenvalue weighted by atomic mass is 10.3. The van der Waals surface area contributed by atoms with Crippen LogP contribution >= 0.6 is 12.2 Å². The zero-order chi connectivity index (χ0) is 10.6. The number of carbonyl (C=O) groups excluding carboxylic acids is 1. The molecule has 0 aliphatic carbocycles. The highest BCUT2D eigenvalue weighted by Crippen LogP contribution is 2.00. The Morgan fingerprint density at radius 2 is 1.77 bits per heavy atom. The lowest BCUT2D eigenvalue weighted by Crippen LogP contribution is -2.48. The van der Waals surface area contributed by atoms with Crippen LogP contribution in [-0.4, -0.2) is 28.0 Å². The van der Waals surface area contributed by atoms with Gasteiger partial charge in [0.05, 0.1) is 0 Å². The third-order valence-corrected chi connectivity index (χ3v) is 1.80. The number of thiocarbonyl (C=S) groups is 1. The van der Waals surface area contributed by atoms with E-state index in [9.17, 15) is 4.79 Å². The molecular weight excluding hydrogens is 184 g/mol. The SMILES string of the molecule is CC(=O)N(C(=S)NC(C)C)C(C)C. The first kappa shape index (κ1) is 12.4. The lowest BCUT2D eigenvalue weighted by Gasteiger charge is -2.27. The van der Waals surface area contributed by atoms with E-state index in [4.69, 9.17) is 12.2 Å². The third kappa shape index (κ3) is 4.22. The van der Waals surface area contributed by atoms with Gasteiger partial charge in [0, 0.05) is 19.0 Å². The van der Waals surface area contributed by atoms with Crippen molar-refractivity contribution in [2.45, 2.75) is 46.7 Å². The van der Waals surface area contributed by atoms with Crippen molar-refractivity contribution in [3.05, 3.63) is 0 Å². The molecule has 0 spiro atoms. The highest BCUT2D eigenvalue weighted by molar-refractivity contribution is 7.80. The van der Waals surface area contributed by atoms with Gasteiger partial charge in [-0.1, -0.05) is 0 Å². The summed E-state index contributed by atoms with van der Waals surface area (Å²) in [6, 6.07) is 0.365. The average Bonchev–Trinajstić information content (AvgIpc) is 1.81. The minimum Gasteiger partial charge on any atom is -0.360 e. The smallest absolute Gasteiger partial charge is 0.225 e. The van der Waals surface area contributed by atoms with Crippen molar-refractivity contribution < 1.29 is 4.79 Å². The molecule has 0 radical (unpaired) electrons. The summed E-state index contributed by atoms with van der Waals surface area (Å²) in [5, 5.41) is 3.55. The van der Waals surface area contributed by atoms with Crippen molar-refractivity contribution in [3.8, 4) is 0 Å². The van der Waals surface area contributed by atoms with Crippen molar-refractivity contribution in [1.82, 2.24) is 10.2 Å². The molecule has 0 fully saturated rings. The summed E-state index contributed by atoms with van der Waals surface area (Å²) in [6.07, 6.45) is 0. The summed E-state index contributed by atoms with van der Waals surface area (Å²) in [7, 11) is 0. The summed E-state index contributed by atoms with van der Waals surface area (Å²) < 4.78 is 0. The maximum absolute atomic E-state index is 11.2. The molecule has 0 saturated carbocycles. The normalized spacial score (nSPS) is 10.4. The maximum Gasteiger partial charge on any atom is 0.225 e. The van der Waals surface area contributed by atoms with Crippen LogP contribution in [0.1, 0.15) is 34.6 Å². The largest absolute Gasteiger partial charge is 0.360 e. The van der Waals surface area contributed by atoms with E-state index in [0.717, 1.165) is 0 Å².